The number of aliphatic hydroxyl groups is 1. The number of nitrogens with one attached hydrogen (secondary N) is 1. The number of rotatable bonds is 5. The Morgan fingerprint density at radius 1 is 1.11 bits per heavy atom. The number of amides is 1. The first-order valence-electron chi connectivity index (χ1n) is 13.6. The van der Waals surface area contributed by atoms with Gasteiger partial charge in [0.1, 0.15) is 6.07 Å². The number of fused-ring (bicyclic) bond motifs is 5. The van der Waals surface area contributed by atoms with Crippen molar-refractivity contribution >= 4 is 11.7 Å². The first kappa shape index (κ1) is 24.6. The van der Waals surface area contributed by atoms with E-state index in [9.17, 15) is 9.90 Å². The fourth-order valence-corrected chi connectivity index (χ4v) is 8.84. The second-order valence-electron chi connectivity index (χ2n) is 12.3. The summed E-state index contributed by atoms with van der Waals surface area (Å²) in [7, 11) is 0. The molecule has 1 heterocycles. The molecule has 0 radical (unpaired) electrons. The van der Waals surface area contributed by atoms with Crippen molar-refractivity contribution in [3.05, 3.63) is 18.1 Å². The topological polar surface area (TPSA) is 108 Å². The van der Waals surface area contributed by atoms with Crippen molar-refractivity contribution in [2.75, 3.05) is 18.5 Å². The fourth-order valence-electron chi connectivity index (χ4n) is 8.84. The zero-order valence-electron chi connectivity index (χ0n) is 21.4. The minimum absolute atomic E-state index is 0.0127. The first-order valence-corrected chi connectivity index (χ1v) is 13.6. The van der Waals surface area contributed by atoms with Crippen molar-refractivity contribution in [1.29, 1.82) is 5.26 Å². The van der Waals surface area contributed by atoms with Gasteiger partial charge in [-0.05, 0) is 99.2 Å². The molecule has 0 saturated heterocycles. The van der Waals surface area contributed by atoms with Crippen molar-refractivity contribution in [3.63, 3.8) is 0 Å². The lowest BCUT2D eigenvalue weighted by molar-refractivity contribution is -0.165. The Hall–Kier alpha value is -2.04. The van der Waals surface area contributed by atoms with Crippen LogP contribution in [0.3, 0.4) is 0 Å². The average Bonchev–Trinajstić information content (AvgIpc) is 3.21. The van der Waals surface area contributed by atoms with E-state index < -0.39 is 5.60 Å². The smallest absolute Gasteiger partial charge is 0.229 e. The van der Waals surface area contributed by atoms with Crippen LogP contribution in [0.15, 0.2) is 12.4 Å². The molecule has 8 unspecified atom stereocenters. The lowest BCUT2D eigenvalue weighted by Crippen LogP contribution is -2.57. The van der Waals surface area contributed by atoms with Gasteiger partial charge in [0, 0.05) is 12.5 Å². The number of carbonyl (C=O) groups excluding carboxylic acids is 1. The second kappa shape index (κ2) is 9.12. The van der Waals surface area contributed by atoms with Crippen LogP contribution in [0, 0.1) is 51.8 Å². The van der Waals surface area contributed by atoms with E-state index in [1.165, 1.54) is 31.7 Å². The van der Waals surface area contributed by atoms with E-state index in [-0.39, 0.29) is 28.3 Å². The van der Waals surface area contributed by atoms with Gasteiger partial charge in [-0.2, -0.15) is 5.26 Å². The SMILES string of the molecule is CCOCC1(O)CCC2(C)C(CCC3C2CCC2(C)C(C(=O)Nc4cnc(C#N)cn4)CCC32)C1. The molecular weight excluding hydrogens is 440 g/mol. The molecule has 7 nitrogen and oxygen atoms in total. The molecule has 0 bridgehead atoms. The van der Waals surface area contributed by atoms with E-state index in [2.05, 4.69) is 29.1 Å². The predicted molar refractivity (Wildman–Crippen MR) is 132 cm³/mol. The lowest BCUT2D eigenvalue weighted by atomic mass is 9.44. The fraction of sp³-hybridized carbons (Fsp3) is 0.786. The molecule has 5 rings (SSSR count). The molecule has 4 aliphatic carbocycles. The molecule has 1 amide bonds. The Labute approximate surface area is 209 Å². The van der Waals surface area contributed by atoms with E-state index in [4.69, 9.17) is 10.00 Å². The van der Waals surface area contributed by atoms with Gasteiger partial charge in [0.25, 0.3) is 0 Å². The average molecular weight is 481 g/mol. The monoisotopic (exact) mass is 480 g/mol. The molecule has 8 atom stereocenters. The number of aromatic nitrogens is 2. The third-order valence-corrected chi connectivity index (χ3v) is 10.7. The van der Waals surface area contributed by atoms with Gasteiger partial charge < -0.3 is 15.2 Å². The minimum Gasteiger partial charge on any atom is -0.387 e. The third kappa shape index (κ3) is 4.17. The maximum absolute atomic E-state index is 13.4. The maximum atomic E-state index is 13.4. The Balaban J connectivity index is 1.29. The maximum Gasteiger partial charge on any atom is 0.229 e. The Bertz CT molecular complexity index is 993. The summed E-state index contributed by atoms with van der Waals surface area (Å²) in [6.07, 6.45) is 12.3. The Morgan fingerprint density at radius 2 is 1.91 bits per heavy atom. The number of ether oxygens (including phenoxy) is 1. The number of hydrogen-bond acceptors (Lipinski definition) is 6. The number of carbonyl (C=O) groups is 1. The van der Waals surface area contributed by atoms with Crippen LogP contribution in [-0.4, -0.2) is 39.8 Å². The number of hydrogen-bond donors (Lipinski definition) is 2. The number of anilines is 1. The highest BCUT2D eigenvalue weighted by molar-refractivity contribution is 5.92. The van der Waals surface area contributed by atoms with Crippen LogP contribution < -0.4 is 5.32 Å². The van der Waals surface area contributed by atoms with Gasteiger partial charge >= 0.3 is 0 Å². The summed E-state index contributed by atoms with van der Waals surface area (Å²) >= 11 is 0. The molecule has 4 aliphatic rings. The second-order valence-corrected chi connectivity index (χ2v) is 12.3. The molecular formula is C28H40N4O3. The molecule has 0 spiro atoms. The van der Waals surface area contributed by atoms with Gasteiger partial charge in [-0.1, -0.05) is 13.8 Å². The summed E-state index contributed by atoms with van der Waals surface area (Å²) in [5.74, 6) is 2.94. The zero-order valence-corrected chi connectivity index (χ0v) is 21.4. The molecule has 190 valence electrons. The predicted octanol–water partition coefficient (Wildman–Crippen LogP) is 4.71. The van der Waals surface area contributed by atoms with E-state index in [0.717, 1.165) is 38.5 Å². The van der Waals surface area contributed by atoms with Crippen molar-refractivity contribution < 1.29 is 14.6 Å². The quantitative estimate of drug-likeness (QED) is 0.632. The minimum atomic E-state index is -0.666. The van der Waals surface area contributed by atoms with Crippen LogP contribution in [0.4, 0.5) is 5.82 Å². The summed E-state index contributed by atoms with van der Waals surface area (Å²) in [6, 6.07) is 1.96. The van der Waals surface area contributed by atoms with Crippen molar-refractivity contribution in [1.82, 2.24) is 9.97 Å². The van der Waals surface area contributed by atoms with Gasteiger partial charge in [0.15, 0.2) is 11.5 Å². The van der Waals surface area contributed by atoms with Crippen LogP contribution >= 0.6 is 0 Å². The van der Waals surface area contributed by atoms with E-state index in [0.29, 0.717) is 42.7 Å². The summed E-state index contributed by atoms with van der Waals surface area (Å²) in [6.45, 7) is 7.96. The van der Waals surface area contributed by atoms with Gasteiger partial charge in [-0.15, -0.1) is 0 Å². The molecule has 0 aliphatic heterocycles. The van der Waals surface area contributed by atoms with Crippen LogP contribution in [0.5, 0.6) is 0 Å². The van der Waals surface area contributed by atoms with E-state index in [1.54, 1.807) is 0 Å². The largest absolute Gasteiger partial charge is 0.387 e. The van der Waals surface area contributed by atoms with E-state index in [1.807, 2.05) is 13.0 Å². The highest BCUT2D eigenvalue weighted by Crippen LogP contribution is 2.68. The molecule has 7 heteroatoms. The van der Waals surface area contributed by atoms with Crippen LogP contribution in [0.2, 0.25) is 0 Å². The Morgan fingerprint density at radius 3 is 2.63 bits per heavy atom. The van der Waals surface area contributed by atoms with Crippen LogP contribution in [0.1, 0.15) is 84.3 Å². The van der Waals surface area contributed by atoms with Crippen LogP contribution in [-0.2, 0) is 9.53 Å². The summed E-state index contributed by atoms with van der Waals surface area (Å²) in [4.78, 5) is 21.6. The lowest BCUT2D eigenvalue weighted by Gasteiger charge is -2.62. The van der Waals surface area contributed by atoms with Crippen LogP contribution in [0.25, 0.3) is 0 Å². The number of nitriles is 1. The molecule has 0 aromatic carbocycles. The van der Waals surface area contributed by atoms with Gasteiger partial charge in [-0.25, -0.2) is 9.97 Å². The summed E-state index contributed by atoms with van der Waals surface area (Å²) in [5.41, 5.74) is -0.126. The third-order valence-electron chi connectivity index (χ3n) is 10.7. The normalized spacial score (nSPS) is 42.3. The van der Waals surface area contributed by atoms with E-state index >= 15 is 0 Å². The number of nitrogens with zero attached hydrogens (tertiary/aromatic N) is 3. The molecule has 4 saturated carbocycles. The molecule has 1 aromatic rings. The van der Waals surface area contributed by atoms with Crippen molar-refractivity contribution in [3.8, 4) is 6.07 Å². The molecule has 4 fully saturated rings. The van der Waals surface area contributed by atoms with Gasteiger partial charge in [-0.3, -0.25) is 4.79 Å². The highest BCUT2D eigenvalue weighted by Gasteiger charge is 2.62. The van der Waals surface area contributed by atoms with Gasteiger partial charge in [0.2, 0.25) is 5.91 Å². The summed E-state index contributed by atoms with van der Waals surface area (Å²) < 4.78 is 5.64. The summed E-state index contributed by atoms with van der Waals surface area (Å²) in [5, 5.41) is 23.1. The first-order chi connectivity index (χ1) is 16.7. The van der Waals surface area contributed by atoms with Gasteiger partial charge in [0.05, 0.1) is 24.6 Å². The Kier molecular flexibility index (Phi) is 6.42. The van der Waals surface area contributed by atoms with Crippen molar-refractivity contribution in [2.24, 2.45) is 40.4 Å². The standard InChI is InChI=1S/C28H40N4O3/c1-4-35-17-28(34)12-11-26(2)18(13-28)5-6-20-21-7-8-23(27(21,3)10-9-22(20)26)25(33)32-24-16-30-19(14-29)15-31-24/h15-16,18,20-23,34H,4-13,17H2,1-3H3,(H,31,32,33). The highest BCUT2D eigenvalue weighted by atomic mass is 16.5. The molecule has 35 heavy (non-hydrogen) atoms. The van der Waals surface area contributed by atoms with Crippen molar-refractivity contribution in [2.45, 2.75) is 84.2 Å². The molecule has 2 N–H and O–H groups in total. The zero-order chi connectivity index (χ0) is 24.8. The molecule has 1 aromatic heterocycles.